The monoisotopic (exact) mass is 313 g/mol. The fourth-order valence-electron chi connectivity index (χ4n) is 2.06. The van der Waals surface area contributed by atoms with Crippen molar-refractivity contribution in [3.8, 4) is 5.75 Å². The van der Waals surface area contributed by atoms with Gasteiger partial charge >= 0.3 is 0 Å². The van der Waals surface area contributed by atoms with Crippen molar-refractivity contribution >= 4 is 23.2 Å². The number of benzene rings is 1. The molecule has 0 fully saturated rings. The van der Waals surface area contributed by atoms with Crippen molar-refractivity contribution in [3.05, 3.63) is 22.7 Å². The average Bonchev–Trinajstić information content (AvgIpc) is 2.49. The Bertz CT molecular complexity index is 476. The van der Waals surface area contributed by atoms with Gasteiger partial charge in [0.05, 0.1) is 23.4 Å². The van der Waals surface area contributed by atoms with Crippen molar-refractivity contribution in [2.75, 3.05) is 39.0 Å². The van der Waals surface area contributed by atoms with E-state index in [0.29, 0.717) is 28.6 Å². The van der Waals surface area contributed by atoms with Gasteiger partial charge in [-0.25, -0.2) is 0 Å². The quantitative estimate of drug-likeness (QED) is 0.571. The topological polar surface area (TPSA) is 67.6 Å². The maximum absolute atomic E-state index is 12.2. The van der Waals surface area contributed by atoms with E-state index < -0.39 is 0 Å². The molecule has 0 bridgehead atoms. The first kappa shape index (κ1) is 17.6. The number of nitrogen functional groups attached to an aromatic ring is 1. The smallest absolute Gasteiger partial charge is 0.255 e. The number of halogens is 1. The highest BCUT2D eigenvalue weighted by atomic mass is 35.5. The van der Waals surface area contributed by atoms with Gasteiger partial charge in [-0.2, -0.15) is 0 Å². The Hall–Kier alpha value is -1.46. The number of nitrogens with one attached hydrogen (secondary N) is 1. The van der Waals surface area contributed by atoms with Gasteiger partial charge in [0, 0.05) is 12.6 Å². The number of hydrogen-bond donors (Lipinski definition) is 2. The van der Waals surface area contributed by atoms with Crippen molar-refractivity contribution in [1.29, 1.82) is 0 Å². The van der Waals surface area contributed by atoms with E-state index in [1.165, 1.54) is 13.2 Å². The molecule has 1 aromatic carbocycles. The Balaban J connectivity index is 2.58. The number of hydrogen-bond acceptors (Lipinski definition) is 4. The molecular formula is C15H24ClN3O2. The van der Waals surface area contributed by atoms with Gasteiger partial charge in [0.1, 0.15) is 5.75 Å². The van der Waals surface area contributed by atoms with Crippen LogP contribution < -0.4 is 15.8 Å². The lowest BCUT2D eigenvalue weighted by Crippen LogP contribution is -2.30. The Morgan fingerprint density at radius 2 is 2.05 bits per heavy atom. The normalized spacial score (nSPS) is 10.7. The summed E-state index contributed by atoms with van der Waals surface area (Å²) >= 11 is 5.96. The number of ether oxygens (including phenoxy) is 1. The first-order valence-corrected chi connectivity index (χ1v) is 7.54. The third-order valence-electron chi connectivity index (χ3n) is 3.39. The van der Waals surface area contributed by atoms with E-state index in [9.17, 15) is 4.79 Å². The van der Waals surface area contributed by atoms with Crippen LogP contribution in [0.4, 0.5) is 5.69 Å². The van der Waals surface area contributed by atoms with E-state index in [1.807, 2.05) is 0 Å². The van der Waals surface area contributed by atoms with E-state index in [1.54, 1.807) is 6.07 Å². The second-order valence-electron chi connectivity index (χ2n) is 4.71. The molecule has 118 valence electrons. The van der Waals surface area contributed by atoms with Crippen LogP contribution in [0.2, 0.25) is 5.02 Å². The summed E-state index contributed by atoms with van der Waals surface area (Å²) < 4.78 is 5.17. The number of amides is 1. The van der Waals surface area contributed by atoms with Gasteiger partial charge in [0.15, 0.2) is 0 Å². The molecule has 1 amide bonds. The minimum atomic E-state index is -0.201. The van der Waals surface area contributed by atoms with Gasteiger partial charge in [-0.15, -0.1) is 0 Å². The summed E-state index contributed by atoms with van der Waals surface area (Å²) in [5, 5.41) is 3.23. The molecule has 0 saturated carbocycles. The molecular weight excluding hydrogens is 290 g/mol. The van der Waals surface area contributed by atoms with Crippen molar-refractivity contribution in [1.82, 2.24) is 10.2 Å². The Morgan fingerprint density at radius 3 is 2.62 bits per heavy atom. The van der Waals surface area contributed by atoms with Gasteiger partial charge < -0.3 is 20.7 Å². The van der Waals surface area contributed by atoms with Gasteiger partial charge in [0.2, 0.25) is 0 Å². The minimum Gasteiger partial charge on any atom is -0.496 e. The lowest BCUT2D eigenvalue weighted by Gasteiger charge is -2.18. The predicted molar refractivity (Wildman–Crippen MR) is 87.2 cm³/mol. The van der Waals surface area contributed by atoms with Gasteiger partial charge in [-0.3, -0.25) is 4.79 Å². The first-order valence-electron chi connectivity index (χ1n) is 7.17. The highest BCUT2D eigenvalue weighted by molar-refractivity contribution is 6.33. The summed E-state index contributed by atoms with van der Waals surface area (Å²) in [7, 11) is 1.50. The van der Waals surface area contributed by atoms with Crippen LogP contribution in [0.5, 0.6) is 5.75 Å². The number of methoxy groups -OCH3 is 1. The molecule has 0 spiro atoms. The molecule has 0 aliphatic heterocycles. The third-order valence-corrected chi connectivity index (χ3v) is 3.72. The molecule has 0 aromatic heterocycles. The maximum atomic E-state index is 12.2. The third kappa shape index (κ3) is 5.10. The molecule has 0 heterocycles. The molecule has 21 heavy (non-hydrogen) atoms. The average molecular weight is 314 g/mol. The Morgan fingerprint density at radius 1 is 1.38 bits per heavy atom. The Labute approximate surface area is 131 Å². The summed E-state index contributed by atoms with van der Waals surface area (Å²) in [6.45, 7) is 7.87. The van der Waals surface area contributed by atoms with Gasteiger partial charge in [-0.05, 0) is 32.1 Å². The van der Waals surface area contributed by atoms with E-state index in [2.05, 4.69) is 24.1 Å². The van der Waals surface area contributed by atoms with Gasteiger partial charge in [0.25, 0.3) is 5.91 Å². The maximum Gasteiger partial charge on any atom is 0.255 e. The van der Waals surface area contributed by atoms with Crippen LogP contribution in [0.25, 0.3) is 0 Å². The highest BCUT2D eigenvalue weighted by Gasteiger charge is 2.14. The molecule has 6 heteroatoms. The van der Waals surface area contributed by atoms with Crippen LogP contribution >= 0.6 is 11.6 Å². The summed E-state index contributed by atoms with van der Waals surface area (Å²) in [5.41, 5.74) is 6.50. The molecule has 0 aliphatic rings. The van der Waals surface area contributed by atoms with Crippen LogP contribution in [0, 0.1) is 0 Å². The molecule has 0 radical (unpaired) electrons. The summed E-state index contributed by atoms with van der Waals surface area (Å²) in [5.74, 6) is 0.228. The predicted octanol–water partition coefficient (Wildman–Crippen LogP) is 2.39. The molecule has 5 nitrogen and oxygen atoms in total. The summed E-state index contributed by atoms with van der Waals surface area (Å²) in [6, 6.07) is 3.10. The molecule has 0 unspecified atom stereocenters. The molecule has 1 aromatic rings. The highest BCUT2D eigenvalue weighted by Crippen LogP contribution is 2.28. The second-order valence-corrected chi connectivity index (χ2v) is 5.12. The molecule has 3 N–H and O–H groups in total. The van der Waals surface area contributed by atoms with Crippen LogP contribution in [0.15, 0.2) is 12.1 Å². The van der Waals surface area contributed by atoms with Crippen molar-refractivity contribution in [2.24, 2.45) is 0 Å². The van der Waals surface area contributed by atoms with E-state index in [-0.39, 0.29) is 5.91 Å². The number of rotatable bonds is 8. The lowest BCUT2D eigenvalue weighted by atomic mass is 10.1. The van der Waals surface area contributed by atoms with Crippen molar-refractivity contribution in [3.63, 3.8) is 0 Å². The Kier molecular flexibility index (Phi) is 7.32. The number of anilines is 1. The van der Waals surface area contributed by atoms with E-state index in [0.717, 1.165) is 26.1 Å². The van der Waals surface area contributed by atoms with Crippen LogP contribution in [0.3, 0.4) is 0 Å². The second kappa shape index (κ2) is 8.74. The zero-order valence-electron chi connectivity index (χ0n) is 12.9. The molecule has 0 saturated heterocycles. The van der Waals surface area contributed by atoms with Crippen molar-refractivity contribution in [2.45, 2.75) is 20.3 Å². The molecule has 1 rings (SSSR count). The fraction of sp³-hybridized carbons (Fsp3) is 0.533. The zero-order chi connectivity index (χ0) is 15.8. The first-order chi connectivity index (χ1) is 10.0. The zero-order valence-corrected chi connectivity index (χ0v) is 13.7. The summed E-state index contributed by atoms with van der Waals surface area (Å²) in [6.07, 6.45) is 0.901. The van der Waals surface area contributed by atoms with E-state index >= 15 is 0 Å². The number of carbonyl (C=O) groups excluding carboxylic acids is 1. The SMILES string of the molecule is CCN(CC)CCCNC(=O)c1cc(Cl)c(N)cc1OC. The number of carbonyl (C=O) groups is 1. The molecule has 0 aliphatic carbocycles. The van der Waals surface area contributed by atoms with Crippen LogP contribution in [-0.2, 0) is 0 Å². The standard InChI is InChI=1S/C15H24ClN3O2/c1-4-19(5-2)8-6-7-18-15(20)11-9-12(16)13(17)10-14(11)21-3/h9-10H,4-8,17H2,1-3H3,(H,18,20). The van der Waals surface area contributed by atoms with Crippen LogP contribution in [-0.4, -0.2) is 44.1 Å². The number of nitrogens with zero attached hydrogens (tertiary/aromatic N) is 1. The van der Waals surface area contributed by atoms with E-state index in [4.69, 9.17) is 22.1 Å². The van der Waals surface area contributed by atoms with Crippen molar-refractivity contribution < 1.29 is 9.53 Å². The van der Waals surface area contributed by atoms with Gasteiger partial charge in [-0.1, -0.05) is 25.4 Å². The largest absolute Gasteiger partial charge is 0.496 e. The number of nitrogens with two attached hydrogens (primary N) is 1. The minimum absolute atomic E-state index is 0.201. The lowest BCUT2D eigenvalue weighted by molar-refractivity contribution is 0.0949. The summed E-state index contributed by atoms with van der Waals surface area (Å²) in [4.78, 5) is 14.5. The van der Waals surface area contributed by atoms with Crippen LogP contribution in [0.1, 0.15) is 30.6 Å². The molecule has 0 atom stereocenters. The fourth-order valence-corrected chi connectivity index (χ4v) is 2.22.